The Bertz CT molecular complexity index is 438. The number of nitrogens with two attached hydrogens (primary N) is 1. The van der Waals surface area contributed by atoms with Crippen molar-refractivity contribution in [2.24, 2.45) is 5.73 Å². The van der Waals surface area contributed by atoms with Crippen molar-refractivity contribution in [2.45, 2.75) is 6.54 Å². The summed E-state index contributed by atoms with van der Waals surface area (Å²) >= 11 is 2.22. The lowest BCUT2D eigenvalue weighted by molar-refractivity contribution is 0.867. The molecule has 4 nitrogen and oxygen atoms in total. The van der Waals surface area contributed by atoms with Gasteiger partial charge in [0.05, 0.1) is 21.7 Å². The Balaban J connectivity index is 2.41. The fourth-order valence-corrected chi connectivity index (χ4v) is 1.54. The average molecular weight is 300 g/mol. The van der Waals surface area contributed by atoms with Crippen LogP contribution in [0.2, 0.25) is 0 Å². The van der Waals surface area contributed by atoms with Gasteiger partial charge in [-0.1, -0.05) is 0 Å². The maximum Gasteiger partial charge on any atom is 0.0832 e. The summed E-state index contributed by atoms with van der Waals surface area (Å²) in [5.74, 6) is 0. The van der Waals surface area contributed by atoms with Crippen molar-refractivity contribution >= 4 is 22.6 Å². The molecule has 0 aromatic carbocycles. The maximum atomic E-state index is 5.53. The van der Waals surface area contributed by atoms with Crippen LogP contribution in [0.25, 0.3) is 5.69 Å². The molecule has 72 valence electrons. The van der Waals surface area contributed by atoms with Crippen molar-refractivity contribution in [3.63, 3.8) is 0 Å². The van der Waals surface area contributed by atoms with Gasteiger partial charge < -0.3 is 5.73 Å². The second kappa shape index (κ2) is 4.05. The summed E-state index contributed by atoms with van der Waals surface area (Å²) in [5.41, 5.74) is 7.48. The lowest BCUT2D eigenvalue weighted by Gasteiger charge is -2.01. The van der Waals surface area contributed by atoms with E-state index in [4.69, 9.17) is 5.73 Å². The number of rotatable bonds is 2. The number of aromatic nitrogens is 3. The van der Waals surface area contributed by atoms with Crippen LogP contribution in [-0.4, -0.2) is 14.8 Å². The minimum atomic E-state index is 0.499. The zero-order valence-electron chi connectivity index (χ0n) is 7.39. The van der Waals surface area contributed by atoms with Gasteiger partial charge in [0.15, 0.2) is 0 Å². The van der Waals surface area contributed by atoms with Crippen LogP contribution >= 0.6 is 22.6 Å². The van der Waals surface area contributed by atoms with Gasteiger partial charge in [-0.05, 0) is 34.2 Å². The molecule has 5 heteroatoms. The Morgan fingerprint density at radius 1 is 1.36 bits per heavy atom. The first-order valence-electron chi connectivity index (χ1n) is 4.14. The lowest BCUT2D eigenvalue weighted by Crippen LogP contribution is -2.00. The topological polar surface area (TPSA) is 56.7 Å². The number of hydrogen-bond donors (Lipinski definition) is 1. The van der Waals surface area contributed by atoms with E-state index >= 15 is 0 Å². The van der Waals surface area contributed by atoms with E-state index in [9.17, 15) is 0 Å². The highest BCUT2D eigenvalue weighted by Crippen LogP contribution is 2.09. The molecule has 0 atom stereocenters. The molecule has 2 heterocycles. The molecule has 0 aliphatic carbocycles. The number of pyridine rings is 1. The standard InChI is InChI=1S/C9H9IN4/c10-8-4-13-14(6-8)9-1-7(2-11)3-12-5-9/h1,3-6H,2,11H2. The highest BCUT2D eigenvalue weighted by atomic mass is 127. The molecule has 0 aliphatic heterocycles. The molecule has 0 fully saturated rings. The van der Waals surface area contributed by atoms with Crippen molar-refractivity contribution in [3.8, 4) is 5.69 Å². The zero-order valence-corrected chi connectivity index (χ0v) is 9.55. The van der Waals surface area contributed by atoms with E-state index in [1.165, 1.54) is 0 Å². The average Bonchev–Trinajstić information content (AvgIpc) is 2.65. The third-order valence-electron chi connectivity index (χ3n) is 1.83. The van der Waals surface area contributed by atoms with Crippen LogP contribution < -0.4 is 5.73 Å². The van der Waals surface area contributed by atoms with E-state index in [0.29, 0.717) is 6.54 Å². The SMILES string of the molecule is NCc1cncc(-n2cc(I)cn2)c1. The summed E-state index contributed by atoms with van der Waals surface area (Å²) < 4.78 is 2.88. The quantitative estimate of drug-likeness (QED) is 0.851. The van der Waals surface area contributed by atoms with Gasteiger partial charge in [0.1, 0.15) is 0 Å². The first-order valence-corrected chi connectivity index (χ1v) is 5.22. The Hall–Kier alpha value is -0.950. The van der Waals surface area contributed by atoms with Crippen molar-refractivity contribution in [3.05, 3.63) is 40.0 Å². The third kappa shape index (κ3) is 1.93. The Morgan fingerprint density at radius 2 is 2.21 bits per heavy atom. The molecule has 0 unspecified atom stereocenters. The molecule has 0 radical (unpaired) electrons. The molecule has 14 heavy (non-hydrogen) atoms. The molecule has 2 N–H and O–H groups in total. The van der Waals surface area contributed by atoms with E-state index < -0.39 is 0 Å². The lowest BCUT2D eigenvalue weighted by atomic mass is 10.3. The largest absolute Gasteiger partial charge is 0.326 e. The molecule has 0 saturated carbocycles. The van der Waals surface area contributed by atoms with Crippen molar-refractivity contribution in [1.82, 2.24) is 14.8 Å². The van der Waals surface area contributed by atoms with Crippen molar-refractivity contribution in [1.29, 1.82) is 0 Å². The first kappa shape index (κ1) is 9.60. The van der Waals surface area contributed by atoms with Crippen LogP contribution in [0.15, 0.2) is 30.9 Å². The highest BCUT2D eigenvalue weighted by Gasteiger charge is 1.99. The van der Waals surface area contributed by atoms with Gasteiger partial charge in [-0.25, -0.2) is 4.68 Å². The Labute approximate surface area is 95.3 Å². The van der Waals surface area contributed by atoms with Gasteiger partial charge in [0, 0.05) is 18.9 Å². The van der Waals surface area contributed by atoms with Gasteiger partial charge >= 0.3 is 0 Å². The highest BCUT2D eigenvalue weighted by molar-refractivity contribution is 14.1. The van der Waals surface area contributed by atoms with Gasteiger partial charge in [-0.15, -0.1) is 0 Å². The number of nitrogens with zero attached hydrogens (tertiary/aromatic N) is 3. The van der Waals surface area contributed by atoms with E-state index in [-0.39, 0.29) is 0 Å². The van der Waals surface area contributed by atoms with Crippen LogP contribution in [0.3, 0.4) is 0 Å². The van der Waals surface area contributed by atoms with E-state index in [1.807, 2.05) is 12.3 Å². The maximum absolute atomic E-state index is 5.53. The van der Waals surface area contributed by atoms with Gasteiger partial charge in [-0.2, -0.15) is 5.10 Å². The summed E-state index contributed by atoms with van der Waals surface area (Å²) in [4.78, 5) is 4.10. The van der Waals surface area contributed by atoms with Gasteiger partial charge in [-0.3, -0.25) is 4.98 Å². The van der Waals surface area contributed by atoms with Crippen molar-refractivity contribution in [2.75, 3.05) is 0 Å². The van der Waals surface area contributed by atoms with Crippen LogP contribution in [-0.2, 0) is 6.54 Å². The van der Waals surface area contributed by atoms with Crippen LogP contribution in [0.4, 0.5) is 0 Å². The monoisotopic (exact) mass is 300 g/mol. The van der Waals surface area contributed by atoms with E-state index in [0.717, 1.165) is 14.8 Å². The van der Waals surface area contributed by atoms with E-state index in [1.54, 1.807) is 23.3 Å². The predicted molar refractivity (Wildman–Crippen MR) is 62.0 cm³/mol. The summed E-state index contributed by atoms with van der Waals surface area (Å²) in [7, 11) is 0. The molecule has 2 rings (SSSR count). The summed E-state index contributed by atoms with van der Waals surface area (Å²) in [6, 6.07) is 1.98. The van der Waals surface area contributed by atoms with Gasteiger partial charge in [0.25, 0.3) is 0 Å². The van der Waals surface area contributed by atoms with Gasteiger partial charge in [0.2, 0.25) is 0 Å². The minimum Gasteiger partial charge on any atom is -0.326 e. The molecular formula is C9H9IN4. The van der Waals surface area contributed by atoms with E-state index in [2.05, 4.69) is 32.7 Å². The molecule has 0 amide bonds. The fraction of sp³-hybridized carbons (Fsp3) is 0.111. The second-order valence-corrected chi connectivity index (χ2v) is 4.10. The molecule has 0 saturated heterocycles. The number of hydrogen-bond acceptors (Lipinski definition) is 3. The molecule has 2 aromatic rings. The summed E-state index contributed by atoms with van der Waals surface area (Å²) in [6.45, 7) is 0.499. The molecule has 0 aliphatic rings. The smallest absolute Gasteiger partial charge is 0.0832 e. The van der Waals surface area contributed by atoms with Crippen LogP contribution in [0.5, 0.6) is 0 Å². The van der Waals surface area contributed by atoms with Crippen molar-refractivity contribution < 1.29 is 0 Å². The minimum absolute atomic E-state index is 0.499. The zero-order chi connectivity index (χ0) is 9.97. The fourth-order valence-electron chi connectivity index (χ4n) is 1.15. The Morgan fingerprint density at radius 3 is 2.86 bits per heavy atom. The molecule has 0 spiro atoms. The first-order chi connectivity index (χ1) is 6.79. The third-order valence-corrected chi connectivity index (χ3v) is 2.39. The predicted octanol–water partition coefficient (Wildman–Crippen LogP) is 1.33. The molecular weight excluding hydrogens is 291 g/mol. The molecule has 0 bridgehead atoms. The summed E-state index contributed by atoms with van der Waals surface area (Å²) in [5, 5.41) is 4.19. The molecule has 2 aromatic heterocycles. The second-order valence-electron chi connectivity index (χ2n) is 2.86. The Kier molecular flexibility index (Phi) is 2.78. The number of halogens is 1. The normalized spacial score (nSPS) is 10.4. The van der Waals surface area contributed by atoms with Crippen LogP contribution in [0, 0.1) is 3.57 Å². The summed E-state index contributed by atoms with van der Waals surface area (Å²) in [6.07, 6.45) is 7.27. The van der Waals surface area contributed by atoms with Crippen LogP contribution in [0.1, 0.15) is 5.56 Å².